The Kier molecular flexibility index (Phi) is 6.12. The van der Waals surface area contributed by atoms with E-state index in [1.165, 1.54) is 5.56 Å². The van der Waals surface area contributed by atoms with Gasteiger partial charge in [0.1, 0.15) is 12.4 Å². The zero-order valence-electron chi connectivity index (χ0n) is 19.3. The van der Waals surface area contributed by atoms with Crippen molar-refractivity contribution in [2.75, 3.05) is 11.4 Å². The number of benzene rings is 3. The van der Waals surface area contributed by atoms with Gasteiger partial charge in [-0.3, -0.25) is 4.79 Å². The molecule has 1 unspecified atom stereocenters. The molecule has 1 atom stereocenters. The summed E-state index contributed by atoms with van der Waals surface area (Å²) in [5, 5.41) is 4.16. The highest BCUT2D eigenvalue weighted by atomic mass is 16.5. The van der Waals surface area contributed by atoms with Crippen LogP contribution in [0.2, 0.25) is 0 Å². The number of nitrogens with zero attached hydrogens (tertiary/aromatic N) is 3. The Morgan fingerprint density at radius 3 is 2.59 bits per heavy atom. The van der Waals surface area contributed by atoms with E-state index in [4.69, 9.17) is 9.26 Å². The van der Waals surface area contributed by atoms with Crippen LogP contribution < -0.4 is 9.64 Å². The maximum Gasteiger partial charge on any atom is 0.232 e. The van der Waals surface area contributed by atoms with Crippen molar-refractivity contribution in [3.8, 4) is 17.1 Å². The first kappa shape index (κ1) is 21.9. The highest BCUT2D eigenvalue weighted by Crippen LogP contribution is 2.33. The largest absolute Gasteiger partial charge is 0.489 e. The Morgan fingerprint density at radius 2 is 1.82 bits per heavy atom. The summed E-state index contributed by atoms with van der Waals surface area (Å²) in [6.45, 7) is 5.35. The van der Waals surface area contributed by atoms with Crippen molar-refractivity contribution < 1.29 is 14.1 Å². The molecule has 3 aromatic carbocycles. The van der Waals surface area contributed by atoms with E-state index in [1.54, 1.807) is 0 Å². The number of hydrogen-bond donors (Lipinski definition) is 0. The van der Waals surface area contributed by atoms with Crippen LogP contribution in [0.4, 0.5) is 5.69 Å². The summed E-state index contributed by atoms with van der Waals surface area (Å²) in [6.07, 6.45) is 0.361. The zero-order valence-corrected chi connectivity index (χ0v) is 19.3. The molecule has 0 radical (unpaired) electrons. The molecule has 1 aliphatic heterocycles. The van der Waals surface area contributed by atoms with Gasteiger partial charge in [-0.2, -0.15) is 4.98 Å². The molecule has 1 fully saturated rings. The lowest BCUT2D eigenvalue weighted by Gasteiger charge is -2.18. The third kappa shape index (κ3) is 4.71. The van der Waals surface area contributed by atoms with Gasteiger partial charge in [0.2, 0.25) is 17.6 Å². The average molecular weight is 454 g/mol. The Morgan fingerprint density at radius 1 is 1.03 bits per heavy atom. The standard InChI is InChI=1S/C28H27N3O3/c1-19(2)22-9-6-10-24(15-22)31-17-23(16-26(31)32)28-29-27(30-34-28)21-11-13-25(14-12-21)33-18-20-7-4-3-5-8-20/h3-15,19,23H,16-18H2,1-2H3. The van der Waals surface area contributed by atoms with Gasteiger partial charge in [-0.15, -0.1) is 0 Å². The number of rotatable bonds is 7. The fourth-order valence-corrected chi connectivity index (χ4v) is 4.13. The van der Waals surface area contributed by atoms with Crippen LogP contribution in [0.1, 0.15) is 49.1 Å². The summed E-state index contributed by atoms with van der Waals surface area (Å²) in [7, 11) is 0. The Hall–Kier alpha value is -3.93. The van der Waals surface area contributed by atoms with E-state index in [2.05, 4.69) is 36.1 Å². The quantitative estimate of drug-likeness (QED) is 0.345. The van der Waals surface area contributed by atoms with Crippen LogP contribution in [0.15, 0.2) is 83.4 Å². The molecule has 0 saturated carbocycles. The minimum Gasteiger partial charge on any atom is -0.489 e. The summed E-state index contributed by atoms with van der Waals surface area (Å²) >= 11 is 0. The highest BCUT2D eigenvalue weighted by Gasteiger charge is 2.35. The van der Waals surface area contributed by atoms with Crippen LogP contribution in [-0.2, 0) is 11.4 Å². The van der Waals surface area contributed by atoms with Crippen LogP contribution in [0.25, 0.3) is 11.4 Å². The van der Waals surface area contributed by atoms with E-state index in [0.29, 0.717) is 37.2 Å². The molecule has 0 bridgehead atoms. The van der Waals surface area contributed by atoms with Gasteiger partial charge in [0.05, 0.1) is 5.92 Å². The second-order valence-corrected chi connectivity index (χ2v) is 8.91. The van der Waals surface area contributed by atoms with Gasteiger partial charge in [-0.05, 0) is 53.4 Å². The number of carbonyl (C=O) groups excluding carboxylic acids is 1. The van der Waals surface area contributed by atoms with Gasteiger partial charge in [-0.25, -0.2) is 0 Å². The average Bonchev–Trinajstić information content (AvgIpc) is 3.51. The number of carbonyl (C=O) groups is 1. The van der Waals surface area contributed by atoms with Gasteiger partial charge >= 0.3 is 0 Å². The monoisotopic (exact) mass is 453 g/mol. The molecule has 1 aliphatic rings. The van der Waals surface area contributed by atoms with Crippen molar-refractivity contribution in [3.63, 3.8) is 0 Å². The van der Waals surface area contributed by atoms with Crippen molar-refractivity contribution in [1.29, 1.82) is 0 Å². The van der Waals surface area contributed by atoms with Gasteiger partial charge in [0.15, 0.2) is 0 Å². The molecule has 2 heterocycles. The van der Waals surface area contributed by atoms with E-state index in [0.717, 1.165) is 22.6 Å². The number of anilines is 1. The Labute approximate surface area is 199 Å². The van der Waals surface area contributed by atoms with Crippen molar-refractivity contribution in [1.82, 2.24) is 10.1 Å². The van der Waals surface area contributed by atoms with E-state index in [-0.39, 0.29) is 11.8 Å². The lowest BCUT2D eigenvalue weighted by molar-refractivity contribution is -0.117. The molecular formula is C28H27N3O3. The van der Waals surface area contributed by atoms with E-state index in [9.17, 15) is 4.79 Å². The summed E-state index contributed by atoms with van der Waals surface area (Å²) in [4.78, 5) is 19.2. The Balaban J connectivity index is 1.25. The molecule has 172 valence electrons. The SMILES string of the molecule is CC(C)c1cccc(N2CC(c3nc(-c4ccc(OCc5ccccc5)cc4)no3)CC2=O)c1. The minimum absolute atomic E-state index is 0.0746. The topological polar surface area (TPSA) is 68.5 Å². The molecule has 4 aromatic rings. The third-order valence-corrected chi connectivity index (χ3v) is 6.13. The maximum atomic E-state index is 12.7. The molecule has 6 heteroatoms. The van der Waals surface area contributed by atoms with Crippen molar-refractivity contribution >= 4 is 11.6 Å². The fourth-order valence-electron chi connectivity index (χ4n) is 4.13. The second kappa shape index (κ2) is 9.51. The first-order chi connectivity index (χ1) is 16.6. The molecule has 1 amide bonds. The van der Waals surface area contributed by atoms with Gasteiger partial charge in [0, 0.05) is 24.2 Å². The van der Waals surface area contributed by atoms with Gasteiger partial charge in [-0.1, -0.05) is 61.5 Å². The van der Waals surface area contributed by atoms with Crippen molar-refractivity contribution in [2.45, 2.75) is 38.7 Å². The Bertz CT molecular complexity index is 1270. The minimum atomic E-state index is -0.120. The number of amides is 1. The second-order valence-electron chi connectivity index (χ2n) is 8.91. The molecule has 1 saturated heterocycles. The highest BCUT2D eigenvalue weighted by molar-refractivity contribution is 5.96. The summed E-state index contributed by atoms with van der Waals surface area (Å²) < 4.78 is 11.4. The predicted molar refractivity (Wildman–Crippen MR) is 131 cm³/mol. The molecule has 0 aliphatic carbocycles. The van der Waals surface area contributed by atoms with Crippen LogP contribution in [0.5, 0.6) is 5.75 Å². The van der Waals surface area contributed by atoms with Gasteiger partial charge < -0.3 is 14.2 Å². The van der Waals surface area contributed by atoms with Crippen LogP contribution in [0, 0.1) is 0 Å². The van der Waals surface area contributed by atoms with Crippen LogP contribution in [-0.4, -0.2) is 22.6 Å². The molecular weight excluding hydrogens is 426 g/mol. The summed E-state index contributed by atoms with van der Waals surface area (Å²) in [6, 6.07) is 25.8. The third-order valence-electron chi connectivity index (χ3n) is 6.13. The molecule has 0 spiro atoms. The molecule has 6 nitrogen and oxygen atoms in total. The maximum absolute atomic E-state index is 12.7. The van der Waals surface area contributed by atoms with Gasteiger partial charge in [0.25, 0.3) is 0 Å². The lowest BCUT2D eigenvalue weighted by Crippen LogP contribution is -2.24. The molecule has 0 N–H and O–H groups in total. The van der Waals surface area contributed by atoms with Crippen LogP contribution >= 0.6 is 0 Å². The number of ether oxygens (including phenoxy) is 1. The fraction of sp³-hybridized carbons (Fsp3) is 0.250. The summed E-state index contributed by atoms with van der Waals surface area (Å²) in [5.74, 6) is 2.14. The normalized spacial score (nSPS) is 15.8. The van der Waals surface area contributed by atoms with E-state index < -0.39 is 0 Å². The van der Waals surface area contributed by atoms with Crippen molar-refractivity contribution in [2.24, 2.45) is 0 Å². The lowest BCUT2D eigenvalue weighted by atomic mass is 10.0. The number of hydrogen-bond acceptors (Lipinski definition) is 5. The predicted octanol–water partition coefficient (Wildman–Crippen LogP) is 5.96. The molecule has 5 rings (SSSR count). The molecule has 34 heavy (non-hydrogen) atoms. The smallest absolute Gasteiger partial charge is 0.232 e. The number of aromatic nitrogens is 2. The molecule has 1 aromatic heterocycles. The van der Waals surface area contributed by atoms with Crippen LogP contribution in [0.3, 0.4) is 0 Å². The van der Waals surface area contributed by atoms with E-state index in [1.807, 2.05) is 71.6 Å². The summed E-state index contributed by atoms with van der Waals surface area (Å²) in [5.41, 5.74) is 4.09. The van der Waals surface area contributed by atoms with E-state index >= 15 is 0 Å². The van der Waals surface area contributed by atoms with Crippen molar-refractivity contribution in [3.05, 3.63) is 95.9 Å². The zero-order chi connectivity index (χ0) is 23.5. The first-order valence-corrected chi connectivity index (χ1v) is 11.6. The first-order valence-electron chi connectivity index (χ1n) is 11.6.